The second-order valence-corrected chi connectivity index (χ2v) is 20.0. The summed E-state index contributed by atoms with van der Waals surface area (Å²) in [6.07, 6.45) is 82.8. The number of aliphatic hydroxyl groups excluding tert-OH is 5. The first-order valence-electron chi connectivity index (χ1n) is 30.4. The zero-order valence-corrected chi connectivity index (χ0v) is 48.6. The molecule has 7 atom stereocenters. The predicted octanol–water partition coefficient (Wildman–Crippen LogP) is 15.8. The van der Waals surface area contributed by atoms with Gasteiger partial charge in [0.05, 0.1) is 25.4 Å². The number of rotatable bonds is 49. The summed E-state index contributed by atoms with van der Waals surface area (Å²) in [7, 11) is 0. The van der Waals surface area contributed by atoms with Gasteiger partial charge >= 0.3 is 0 Å². The van der Waals surface area contributed by atoms with Crippen LogP contribution in [0.15, 0.2) is 170 Å². The van der Waals surface area contributed by atoms with Gasteiger partial charge in [-0.15, -0.1) is 0 Å². The number of carbonyl (C=O) groups excluding carboxylic acids is 1. The Balaban J connectivity index is 2.25. The molecule has 78 heavy (non-hydrogen) atoms. The molecular weight excluding hydrogens is 971 g/mol. The predicted molar refractivity (Wildman–Crippen MR) is 331 cm³/mol. The van der Waals surface area contributed by atoms with Crippen molar-refractivity contribution in [1.82, 2.24) is 5.32 Å². The SMILES string of the molecule is CC/C=C\C/C=C\C/C=C\C/C=C\C/C=C\C/C=C\C/C=C\C/C=C\C/C=C\C/C=C\C/C=C\C/C=C\CCCCC(=O)NC(COC1OC(CO)C(O)C(O)C1O)C(O)/C=C/CC/C=C/CCCCCCCCCCCC. The van der Waals surface area contributed by atoms with Crippen molar-refractivity contribution in [1.29, 1.82) is 0 Å². The van der Waals surface area contributed by atoms with E-state index < -0.39 is 49.5 Å². The van der Waals surface area contributed by atoms with E-state index in [1.54, 1.807) is 6.08 Å². The standard InChI is InChI=1S/C69H109NO8/c1-3-5-7-9-11-13-15-17-19-21-22-23-24-25-26-27-28-29-30-31-32-33-34-35-36-37-38-39-40-41-42-43-45-47-49-51-53-55-57-59-65(73)70-62(61-77-69-68(76)67(75)66(74)64(60-71)78-69)63(72)58-56-54-52-50-48-46-44-20-18-16-14-12-10-8-6-4-2/h5,7,11,13,17,19,22-23,25-26,28-29,31-32,34-35,37-38,40-41,43,45,48-51,56,58,62-64,66-69,71-72,74-76H,3-4,6,8-10,12,14-16,18,20-21,24,27,30,33,36,39,42,44,46-47,52-55,57,59-61H2,1-2H3,(H,70,73)/b7-5-,13-11-,19-17-,23-22-,26-25-,29-28-,32-31-,35-34-,38-37-,41-40-,45-43-,50-48+,51-49-,58-56+. The van der Waals surface area contributed by atoms with Crippen molar-refractivity contribution in [3.63, 3.8) is 0 Å². The number of unbranched alkanes of at least 4 members (excludes halogenated alkanes) is 13. The molecule has 9 heteroatoms. The van der Waals surface area contributed by atoms with Crippen LogP contribution >= 0.6 is 0 Å². The topological polar surface area (TPSA) is 149 Å². The minimum absolute atomic E-state index is 0.230. The first-order chi connectivity index (χ1) is 38.3. The van der Waals surface area contributed by atoms with Crippen molar-refractivity contribution in [2.45, 2.75) is 243 Å². The van der Waals surface area contributed by atoms with Gasteiger partial charge in [0, 0.05) is 6.42 Å². The average molecular weight is 1080 g/mol. The molecule has 1 aliphatic rings. The lowest BCUT2D eigenvalue weighted by atomic mass is 9.99. The van der Waals surface area contributed by atoms with Gasteiger partial charge in [-0.3, -0.25) is 4.79 Å². The van der Waals surface area contributed by atoms with Gasteiger partial charge in [-0.1, -0.05) is 242 Å². The Labute approximate surface area is 475 Å². The van der Waals surface area contributed by atoms with E-state index in [1.165, 1.54) is 64.2 Å². The Hall–Kier alpha value is -4.45. The van der Waals surface area contributed by atoms with Gasteiger partial charge in [-0.2, -0.15) is 0 Å². The summed E-state index contributed by atoms with van der Waals surface area (Å²) in [5.41, 5.74) is 0. The van der Waals surface area contributed by atoms with Crippen molar-refractivity contribution >= 4 is 5.91 Å². The largest absolute Gasteiger partial charge is 0.394 e. The molecular formula is C69H109NO8. The molecule has 7 unspecified atom stereocenters. The molecule has 6 N–H and O–H groups in total. The van der Waals surface area contributed by atoms with Crippen LogP contribution < -0.4 is 5.32 Å². The third kappa shape index (κ3) is 44.4. The van der Waals surface area contributed by atoms with E-state index in [4.69, 9.17) is 9.47 Å². The molecule has 0 spiro atoms. The van der Waals surface area contributed by atoms with Crippen molar-refractivity contribution in [3.8, 4) is 0 Å². The smallest absolute Gasteiger partial charge is 0.220 e. The third-order valence-corrected chi connectivity index (χ3v) is 13.0. The summed E-state index contributed by atoms with van der Waals surface area (Å²) in [5.74, 6) is -0.237. The highest BCUT2D eigenvalue weighted by atomic mass is 16.7. The van der Waals surface area contributed by atoms with Crippen molar-refractivity contribution in [3.05, 3.63) is 170 Å². The Morgan fingerprint density at radius 2 is 0.808 bits per heavy atom. The summed E-state index contributed by atoms with van der Waals surface area (Å²) in [4.78, 5) is 13.0. The number of amides is 1. The van der Waals surface area contributed by atoms with Gasteiger partial charge in [-0.05, 0) is 122 Å². The minimum Gasteiger partial charge on any atom is -0.394 e. The van der Waals surface area contributed by atoms with Gasteiger partial charge < -0.3 is 40.3 Å². The Morgan fingerprint density at radius 3 is 1.23 bits per heavy atom. The lowest BCUT2D eigenvalue weighted by molar-refractivity contribution is -0.302. The van der Waals surface area contributed by atoms with Gasteiger partial charge in [0.15, 0.2) is 6.29 Å². The van der Waals surface area contributed by atoms with Gasteiger partial charge in [0.25, 0.3) is 0 Å². The highest BCUT2D eigenvalue weighted by molar-refractivity contribution is 5.76. The lowest BCUT2D eigenvalue weighted by Gasteiger charge is -2.40. The summed E-state index contributed by atoms with van der Waals surface area (Å²) < 4.78 is 11.2. The van der Waals surface area contributed by atoms with Crippen LogP contribution in [0.4, 0.5) is 0 Å². The highest BCUT2D eigenvalue weighted by Gasteiger charge is 2.44. The number of allylic oxidation sites excluding steroid dienone is 27. The number of nitrogens with one attached hydrogen (secondary N) is 1. The number of hydrogen-bond donors (Lipinski definition) is 6. The zero-order valence-electron chi connectivity index (χ0n) is 48.6. The molecule has 1 rings (SSSR count). The van der Waals surface area contributed by atoms with E-state index in [1.807, 2.05) is 6.08 Å². The fraction of sp³-hybridized carbons (Fsp3) is 0.580. The van der Waals surface area contributed by atoms with Gasteiger partial charge in [0.1, 0.15) is 24.4 Å². The molecule has 1 amide bonds. The Morgan fingerprint density at radius 1 is 0.449 bits per heavy atom. The molecule has 0 aromatic rings. The lowest BCUT2D eigenvalue weighted by Crippen LogP contribution is -2.60. The van der Waals surface area contributed by atoms with E-state index in [9.17, 15) is 30.3 Å². The van der Waals surface area contributed by atoms with Crippen molar-refractivity contribution in [2.75, 3.05) is 13.2 Å². The van der Waals surface area contributed by atoms with E-state index in [0.717, 1.165) is 109 Å². The van der Waals surface area contributed by atoms with E-state index in [2.05, 4.69) is 177 Å². The number of ether oxygens (including phenoxy) is 2. The van der Waals surface area contributed by atoms with Crippen LogP contribution in [0.2, 0.25) is 0 Å². The molecule has 0 aromatic carbocycles. The van der Waals surface area contributed by atoms with Crippen LogP contribution in [0.5, 0.6) is 0 Å². The van der Waals surface area contributed by atoms with E-state index in [-0.39, 0.29) is 18.9 Å². The first-order valence-corrected chi connectivity index (χ1v) is 30.4. The van der Waals surface area contributed by atoms with E-state index in [0.29, 0.717) is 6.42 Å². The number of aliphatic hydroxyl groups is 5. The summed E-state index contributed by atoms with van der Waals surface area (Å²) in [6.45, 7) is 3.60. The molecule has 0 aromatic heterocycles. The van der Waals surface area contributed by atoms with Crippen LogP contribution in [-0.2, 0) is 14.3 Å². The molecule has 0 saturated carbocycles. The maximum atomic E-state index is 13.0. The van der Waals surface area contributed by atoms with Crippen molar-refractivity contribution < 1.29 is 39.8 Å². The maximum Gasteiger partial charge on any atom is 0.220 e. The molecule has 0 radical (unpaired) electrons. The highest BCUT2D eigenvalue weighted by Crippen LogP contribution is 2.22. The third-order valence-electron chi connectivity index (χ3n) is 13.0. The van der Waals surface area contributed by atoms with Crippen molar-refractivity contribution in [2.24, 2.45) is 0 Å². The average Bonchev–Trinajstić information content (AvgIpc) is 3.45. The number of carbonyl (C=O) groups is 1. The number of hydrogen-bond acceptors (Lipinski definition) is 8. The monoisotopic (exact) mass is 1080 g/mol. The summed E-state index contributed by atoms with van der Waals surface area (Å²) >= 11 is 0. The van der Waals surface area contributed by atoms with Crippen LogP contribution in [0.3, 0.4) is 0 Å². The van der Waals surface area contributed by atoms with Gasteiger partial charge in [0.2, 0.25) is 5.91 Å². The fourth-order valence-electron chi connectivity index (χ4n) is 8.27. The molecule has 0 bridgehead atoms. The molecule has 9 nitrogen and oxygen atoms in total. The second kappa shape index (κ2) is 55.8. The van der Waals surface area contributed by atoms with Crippen LogP contribution in [0, 0.1) is 0 Å². The normalized spacial score (nSPS) is 19.9. The van der Waals surface area contributed by atoms with Gasteiger partial charge in [-0.25, -0.2) is 0 Å². The van der Waals surface area contributed by atoms with Crippen LogP contribution in [0.25, 0.3) is 0 Å². The zero-order chi connectivity index (χ0) is 56.5. The molecule has 438 valence electrons. The second-order valence-electron chi connectivity index (χ2n) is 20.0. The quantitative estimate of drug-likeness (QED) is 0.0261. The summed E-state index contributed by atoms with van der Waals surface area (Å²) in [5, 5.41) is 54.4. The van der Waals surface area contributed by atoms with Crippen LogP contribution in [-0.4, -0.2) is 87.5 Å². The minimum atomic E-state index is -1.59. The maximum absolute atomic E-state index is 13.0. The molecule has 1 saturated heterocycles. The Bertz CT molecular complexity index is 1830. The van der Waals surface area contributed by atoms with Crippen LogP contribution in [0.1, 0.15) is 200 Å². The Kier molecular flexibility index (Phi) is 51.2. The molecule has 1 heterocycles. The molecule has 1 aliphatic heterocycles. The van der Waals surface area contributed by atoms with E-state index >= 15 is 0 Å². The fourth-order valence-corrected chi connectivity index (χ4v) is 8.27. The molecule has 1 fully saturated rings. The first kappa shape index (κ1) is 71.6. The summed E-state index contributed by atoms with van der Waals surface area (Å²) in [6, 6.07) is -0.858. The molecule has 0 aliphatic carbocycles.